The molecule has 7 heteroatoms. The van der Waals surface area contributed by atoms with Crippen molar-refractivity contribution in [2.75, 3.05) is 26.2 Å². The van der Waals surface area contributed by atoms with Crippen LogP contribution in [0.1, 0.15) is 81.0 Å². The van der Waals surface area contributed by atoms with Crippen molar-refractivity contribution in [3.63, 3.8) is 0 Å². The Labute approximate surface area is 191 Å². The summed E-state index contributed by atoms with van der Waals surface area (Å²) < 4.78 is 0. The van der Waals surface area contributed by atoms with E-state index in [1.54, 1.807) is 11.1 Å². The SMILES string of the molecule is NC(=O)CCNCCCNC(=O)NC1CCC(CCN2[C@@H]3CC[C@H]2c2ccccc23)CC1. The van der Waals surface area contributed by atoms with Gasteiger partial charge in [-0.05, 0) is 81.5 Å². The molecule has 0 radical (unpaired) electrons. The maximum absolute atomic E-state index is 12.1. The Morgan fingerprint density at radius 3 is 2.28 bits per heavy atom. The maximum Gasteiger partial charge on any atom is 0.315 e. The Hall–Kier alpha value is -2.12. The van der Waals surface area contributed by atoms with Crippen LogP contribution in [0.25, 0.3) is 0 Å². The lowest BCUT2D eigenvalue weighted by atomic mass is 9.84. The van der Waals surface area contributed by atoms with Crippen molar-refractivity contribution in [1.29, 1.82) is 0 Å². The van der Waals surface area contributed by atoms with Crippen LogP contribution < -0.4 is 21.7 Å². The van der Waals surface area contributed by atoms with E-state index >= 15 is 0 Å². The van der Waals surface area contributed by atoms with Gasteiger partial charge in [0.15, 0.2) is 0 Å². The number of benzene rings is 1. The molecule has 32 heavy (non-hydrogen) atoms. The molecule has 7 nitrogen and oxygen atoms in total. The van der Waals surface area contributed by atoms with E-state index < -0.39 is 0 Å². The van der Waals surface area contributed by atoms with Gasteiger partial charge in [0.1, 0.15) is 0 Å². The van der Waals surface area contributed by atoms with Gasteiger partial charge in [-0.3, -0.25) is 9.69 Å². The summed E-state index contributed by atoms with van der Waals surface area (Å²) in [6, 6.07) is 10.6. The van der Waals surface area contributed by atoms with Crippen LogP contribution in [0, 0.1) is 5.92 Å². The molecule has 3 aliphatic rings. The quantitative estimate of drug-likeness (QED) is 0.397. The molecule has 1 aliphatic carbocycles. The highest BCUT2D eigenvalue weighted by molar-refractivity contribution is 5.74. The Balaban J connectivity index is 1.07. The summed E-state index contributed by atoms with van der Waals surface area (Å²) >= 11 is 0. The molecule has 2 fully saturated rings. The van der Waals surface area contributed by atoms with E-state index in [-0.39, 0.29) is 11.9 Å². The molecular weight excluding hydrogens is 402 g/mol. The third-order valence-electron chi connectivity index (χ3n) is 7.57. The Bertz CT molecular complexity index is 746. The highest BCUT2D eigenvalue weighted by atomic mass is 16.2. The number of urea groups is 1. The van der Waals surface area contributed by atoms with Crippen molar-refractivity contribution in [3.05, 3.63) is 35.4 Å². The summed E-state index contributed by atoms with van der Waals surface area (Å²) in [6.07, 6.45) is 9.69. The summed E-state index contributed by atoms with van der Waals surface area (Å²) in [5, 5.41) is 9.23. The van der Waals surface area contributed by atoms with Crippen molar-refractivity contribution in [1.82, 2.24) is 20.9 Å². The highest BCUT2D eigenvalue weighted by Gasteiger charge is 2.43. The number of nitrogens with zero attached hydrogens (tertiary/aromatic N) is 1. The number of carbonyl (C=O) groups excluding carboxylic acids is 2. The number of amides is 3. The Morgan fingerprint density at radius 2 is 1.62 bits per heavy atom. The highest BCUT2D eigenvalue weighted by Crippen LogP contribution is 2.53. The molecule has 0 unspecified atom stereocenters. The molecule has 0 aromatic heterocycles. The van der Waals surface area contributed by atoms with Gasteiger partial charge in [0, 0.05) is 37.6 Å². The lowest BCUT2D eigenvalue weighted by Crippen LogP contribution is -2.44. The van der Waals surface area contributed by atoms with Crippen molar-refractivity contribution in [2.45, 2.75) is 75.9 Å². The third-order valence-corrected chi connectivity index (χ3v) is 7.57. The standard InChI is InChI=1S/C25H39N5O2/c26-24(31)12-16-27-14-3-15-28-25(32)29-19-8-6-18(7-9-19)13-17-30-22-10-11-23(30)21-5-2-1-4-20(21)22/h1-2,4-5,18-19,22-23,27H,3,6-17H2,(H2,26,31)(H2,28,29,32)/t18?,19?,22-,23+. The number of hydrogen-bond donors (Lipinski definition) is 4. The second-order valence-corrected chi connectivity index (χ2v) is 9.70. The second kappa shape index (κ2) is 11.1. The summed E-state index contributed by atoms with van der Waals surface area (Å²) in [5.74, 6) is 0.490. The number of nitrogens with one attached hydrogen (secondary N) is 3. The zero-order valence-electron chi connectivity index (χ0n) is 19.2. The molecule has 0 spiro atoms. The molecule has 1 saturated heterocycles. The van der Waals surface area contributed by atoms with Gasteiger partial charge in [-0.15, -0.1) is 0 Å². The molecule has 2 bridgehead atoms. The topological polar surface area (TPSA) is 99.5 Å². The zero-order valence-corrected chi connectivity index (χ0v) is 19.2. The van der Waals surface area contributed by atoms with Gasteiger partial charge in [-0.1, -0.05) is 24.3 Å². The molecular formula is C25H39N5O2. The number of nitrogens with two attached hydrogens (primary N) is 1. The summed E-state index contributed by atoms with van der Waals surface area (Å²) in [5.41, 5.74) is 8.25. The fourth-order valence-corrected chi connectivity index (χ4v) is 5.88. The second-order valence-electron chi connectivity index (χ2n) is 9.70. The predicted molar refractivity (Wildman–Crippen MR) is 126 cm³/mol. The smallest absolute Gasteiger partial charge is 0.315 e. The van der Waals surface area contributed by atoms with Crippen LogP contribution in [-0.2, 0) is 4.79 Å². The molecule has 1 aromatic carbocycles. The van der Waals surface area contributed by atoms with Crippen molar-refractivity contribution < 1.29 is 9.59 Å². The van der Waals surface area contributed by atoms with Crippen LogP contribution in [0.4, 0.5) is 4.79 Å². The van der Waals surface area contributed by atoms with E-state index in [9.17, 15) is 9.59 Å². The first kappa shape index (κ1) is 23.1. The largest absolute Gasteiger partial charge is 0.370 e. The number of primary amides is 1. The van der Waals surface area contributed by atoms with Gasteiger partial charge >= 0.3 is 6.03 Å². The Morgan fingerprint density at radius 1 is 0.938 bits per heavy atom. The maximum atomic E-state index is 12.1. The molecule has 176 valence electrons. The molecule has 1 aromatic rings. The summed E-state index contributed by atoms with van der Waals surface area (Å²) in [7, 11) is 0. The lowest BCUT2D eigenvalue weighted by Gasteiger charge is -2.31. The van der Waals surface area contributed by atoms with Crippen molar-refractivity contribution >= 4 is 11.9 Å². The summed E-state index contributed by atoms with van der Waals surface area (Å²) in [6.45, 7) is 3.20. The van der Waals surface area contributed by atoms with E-state index in [1.165, 1.54) is 38.6 Å². The average Bonchev–Trinajstić information content (AvgIpc) is 3.34. The average molecular weight is 442 g/mol. The van der Waals surface area contributed by atoms with Gasteiger partial charge < -0.3 is 21.7 Å². The first-order valence-corrected chi connectivity index (χ1v) is 12.5. The normalized spacial score (nSPS) is 26.6. The molecule has 2 aliphatic heterocycles. The molecule has 2 atom stereocenters. The van der Waals surface area contributed by atoms with E-state index in [1.807, 2.05) is 0 Å². The van der Waals surface area contributed by atoms with Crippen molar-refractivity contribution in [3.8, 4) is 0 Å². The summed E-state index contributed by atoms with van der Waals surface area (Å²) in [4.78, 5) is 25.6. The zero-order chi connectivity index (χ0) is 22.3. The Kier molecular flexibility index (Phi) is 8.03. The first-order chi connectivity index (χ1) is 15.6. The first-order valence-electron chi connectivity index (χ1n) is 12.5. The fraction of sp³-hybridized carbons (Fsp3) is 0.680. The lowest BCUT2D eigenvalue weighted by molar-refractivity contribution is -0.117. The van der Waals surface area contributed by atoms with Crippen LogP contribution in [-0.4, -0.2) is 49.1 Å². The molecule has 4 rings (SSSR count). The molecule has 1 saturated carbocycles. The monoisotopic (exact) mass is 441 g/mol. The predicted octanol–water partition coefficient (Wildman–Crippen LogP) is 2.98. The minimum atomic E-state index is -0.293. The molecule has 3 amide bonds. The molecule has 2 heterocycles. The van der Waals surface area contributed by atoms with Crippen LogP contribution in [0.3, 0.4) is 0 Å². The van der Waals surface area contributed by atoms with Crippen LogP contribution >= 0.6 is 0 Å². The number of fused-ring (bicyclic) bond motifs is 5. The van der Waals surface area contributed by atoms with Gasteiger partial charge in [-0.2, -0.15) is 0 Å². The minimum Gasteiger partial charge on any atom is -0.370 e. The van der Waals surface area contributed by atoms with Gasteiger partial charge in [0.2, 0.25) is 5.91 Å². The van der Waals surface area contributed by atoms with E-state index in [4.69, 9.17) is 5.73 Å². The molecule has 5 N–H and O–H groups in total. The minimum absolute atomic E-state index is 0.0583. The van der Waals surface area contributed by atoms with E-state index in [0.717, 1.165) is 31.7 Å². The van der Waals surface area contributed by atoms with E-state index in [2.05, 4.69) is 45.1 Å². The fourth-order valence-electron chi connectivity index (χ4n) is 5.88. The number of rotatable bonds is 11. The number of carbonyl (C=O) groups is 2. The van der Waals surface area contributed by atoms with Gasteiger partial charge in [0.05, 0.1) is 0 Å². The van der Waals surface area contributed by atoms with Gasteiger partial charge in [0.25, 0.3) is 0 Å². The third kappa shape index (κ3) is 5.81. The van der Waals surface area contributed by atoms with Crippen LogP contribution in [0.15, 0.2) is 24.3 Å². The van der Waals surface area contributed by atoms with Crippen LogP contribution in [0.2, 0.25) is 0 Å². The van der Waals surface area contributed by atoms with Gasteiger partial charge in [-0.25, -0.2) is 4.79 Å². The van der Waals surface area contributed by atoms with Crippen LogP contribution in [0.5, 0.6) is 0 Å². The van der Waals surface area contributed by atoms with Crippen molar-refractivity contribution in [2.24, 2.45) is 11.7 Å². The van der Waals surface area contributed by atoms with E-state index in [0.29, 0.717) is 37.6 Å². The number of hydrogen-bond acceptors (Lipinski definition) is 4.